The Morgan fingerprint density at radius 1 is 0.947 bits per heavy atom. The normalized spacial score (nSPS) is 11.8. The number of carbonyl (C=O) groups excluding carboxylic acids is 1. The molecule has 2 aromatic carbocycles. The average Bonchev–Trinajstić information content (AvgIpc) is 2.46. The van der Waals surface area contributed by atoms with Crippen LogP contribution >= 0.6 is 12.4 Å². The molecule has 0 saturated heterocycles. The number of hydrogen-bond acceptors (Lipinski definition) is 2. The molecule has 0 aliphatic carbocycles. The summed E-state index contributed by atoms with van der Waals surface area (Å²) >= 11 is 0. The van der Waals surface area contributed by atoms with E-state index in [0.717, 1.165) is 11.1 Å². The third kappa shape index (κ3) is 4.36. The fourth-order valence-electron chi connectivity index (χ4n) is 1.67. The number of nitrogens with two attached hydrogens (primary N) is 1. The van der Waals surface area contributed by atoms with Crippen LogP contribution in [0.25, 0.3) is 6.08 Å². The first-order chi connectivity index (χ1) is 8.77. The monoisotopic (exact) mass is 273 g/mol. The lowest BCUT2D eigenvalue weighted by Gasteiger charge is -2.07. The van der Waals surface area contributed by atoms with E-state index in [1.54, 1.807) is 6.08 Å². The molecule has 2 N–H and O–H groups in total. The molecule has 98 valence electrons. The van der Waals surface area contributed by atoms with Crippen LogP contribution in [0.5, 0.6) is 0 Å². The third-order valence-electron chi connectivity index (χ3n) is 2.70. The summed E-state index contributed by atoms with van der Waals surface area (Å²) in [5.41, 5.74) is 7.73. The molecule has 2 nitrogen and oxygen atoms in total. The number of rotatable bonds is 4. The van der Waals surface area contributed by atoms with Gasteiger partial charge < -0.3 is 5.73 Å². The van der Waals surface area contributed by atoms with Crippen LogP contribution in [0.4, 0.5) is 0 Å². The molecule has 1 atom stereocenters. The molecule has 0 unspecified atom stereocenters. The molecule has 19 heavy (non-hydrogen) atoms. The highest BCUT2D eigenvalue weighted by Gasteiger charge is 2.11. The van der Waals surface area contributed by atoms with Crippen LogP contribution in [0.3, 0.4) is 0 Å². The van der Waals surface area contributed by atoms with Crippen LogP contribution in [0.1, 0.15) is 17.2 Å². The van der Waals surface area contributed by atoms with Crippen LogP contribution in [0.15, 0.2) is 66.7 Å². The Morgan fingerprint density at radius 2 is 1.47 bits per heavy atom. The second-order valence-electron chi connectivity index (χ2n) is 4.03. The van der Waals surface area contributed by atoms with Crippen molar-refractivity contribution < 1.29 is 4.79 Å². The summed E-state index contributed by atoms with van der Waals surface area (Å²) in [4.78, 5) is 11.9. The van der Waals surface area contributed by atoms with E-state index in [-0.39, 0.29) is 18.2 Å². The van der Waals surface area contributed by atoms with Crippen molar-refractivity contribution in [3.63, 3.8) is 0 Å². The predicted octanol–water partition coefficient (Wildman–Crippen LogP) is 3.39. The van der Waals surface area contributed by atoms with Crippen molar-refractivity contribution in [1.29, 1.82) is 0 Å². The minimum Gasteiger partial charge on any atom is -0.318 e. The van der Waals surface area contributed by atoms with E-state index >= 15 is 0 Å². The summed E-state index contributed by atoms with van der Waals surface area (Å²) in [6.07, 6.45) is 3.32. The van der Waals surface area contributed by atoms with Crippen LogP contribution in [-0.4, -0.2) is 5.78 Å². The lowest BCUT2D eigenvalue weighted by atomic mass is 10.0. The first-order valence-corrected chi connectivity index (χ1v) is 5.85. The zero-order chi connectivity index (χ0) is 12.8. The van der Waals surface area contributed by atoms with Gasteiger partial charge in [-0.3, -0.25) is 4.79 Å². The van der Waals surface area contributed by atoms with E-state index in [2.05, 4.69) is 0 Å². The molecule has 0 saturated carbocycles. The van der Waals surface area contributed by atoms with E-state index < -0.39 is 6.04 Å². The largest absolute Gasteiger partial charge is 0.318 e. The second-order valence-corrected chi connectivity index (χ2v) is 4.03. The predicted molar refractivity (Wildman–Crippen MR) is 81.1 cm³/mol. The fraction of sp³-hybridized carbons (Fsp3) is 0.0625. The summed E-state index contributed by atoms with van der Waals surface area (Å²) in [5, 5.41) is 0. The van der Waals surface area contributed by atoms with Gasteiger partial charge in [-0.15, -0.1) is 12.4 Å². The Kier molecular flexibility index (Phi) is 6.00. The fourth-order valence-corrected chi connectivity index (χ4v) is 1.67. The molecule has 0 heterocycles. The van der Waals surface area contributed by atoms with Gasteiger partial charge in [-0.05, 0) is 17.2 Å². The van der Waals surface area contributed by atoms with Gasteiger partial charge in [-0.2, -0.15) is 0 Å². The van der Waals surface area contributed by atoms with Gasteiger partial charge in [0.15, 0.2) is 5.78 Å². The van der Waals surface area contributed by atoms with E-state index in [4.69, 9.17) is 5.73 Å². The zero-order valence-corrected chi connectivity index (χ0v) is 11.2. The van der Waals surface area contributed by atoms with Crippen molar-refractivity contribution in [3.8, 4) is 0 Å². The van der Waals surface area contributed by atoms with Crippen LogP contribution in [-0.2, 0) is 4.79 Å². The first kappa shape index (κ1) is 15.2. The molecule has 0 bridgehead atoms. The Hall–Kier alpha value is -1.90. The van der Waals surface area contributed by atoms with Gasteiger partial charge in [0, 0.05) is 0 Å². The van der Waals surface area contributed by atoms with Gasteiger partial charge in [0.05, 0.1) is 6.04 Å². The first-order valence-electron chi connectivity index (χ1n) is 5.85. The van der Waals surface area contributed by atoms with Crippen molar-refractivity contribution in [2.45, 2.75) is 6.04 Å². The molecule has 0 spiro atoms. The van der Waals surface area contributed by atoms with E-state index in [1.165, 1.54) is 6.08 Å². The Balaban J connectivity index is 0.00000180. The second kappa shape index (κ2) is 7.52. The van der Waals surface area contributed by atoms with E-state index in [9.17, 15) is 4.79 Å². The van der Waals surface area contributed by atoms with Gasteiger partial charge in [-0.25, -0.2) is 0 Å². The van der Waals surface area contributed by atoms with Gasteiger partial charge in [0.2, 0.25) is 0 Å². The van der Waals surface area contributed by atoms with Gasteiger partial charge in [0.1, 0.15) is 0 Å². The van der Waals surface area contributed by atoms with Gasteiger partial charge in [-0.1, -0.05) is 66.7 Å². The van der Waals surface area contributed by atoms with Crippen molar-refractivity contribution in [1.82, 2.24) is 0 Å². The zero-order valence-electron chi connectivity index (χ0n) is 10.4. The maximum Gasteiger partial charge on any atom is 0.176 e. The smallest absolute Gasteiger partial charge is 0.176 e. The molecule has 0 aromatic heterocycles. The van der Waals surface area contributed by atoms with Crippen LogP contribution < -0.4 is 5.73 Å². The van der Waals surface area contributed by atoms with Crippen molar-refractivity contribution >= 4 is 24.3 Å². The van der Waals surface area contributed by atoms with Crippen LogP contribution in [0, 0.1) is 0 Å². The SMILES string of the molecule is Cl.N[C@@H](C(=O)/C=C/c1ccccc1)c1ccccc1. The lowest BCUT2D eigenvalue weighted by Crippen LogP contribution is -2.19. The molecule has 0 aliphatic rings. The highest BCUT2D eigenvalue weighted by atomic mass is 35.5. The summed E-state index contributed by atoms with van der Waals surface area (Å²) in [6, 6.07) is 18.5. The summed E-state index contributed by atoms with van der Waals surface area (Å²) in [5.74, 6) is -0.0925. The minimum absolute atomic E-state index is 0. The summed E-state index contributed by atoms with van der Waals surface area (Å²) < 4.78 is 0. The molecule has 0 aliphatic heterocycles. The van der Waals surface area contributed by atoms with E-state index in [1.807, 2.05) is 60.7 Å². The van der Waals surface area contributed by atoms with E-state index in [0.29, 0.717) is 0 Å². The van der Waals surface area contributed by atoms with Gasteiger partial charge in [0.25, 0.3) is 0 Å². The average molecular weight is 274 g/mol. The van der Waals surface area contributed by atoms with Crippen molar-refractivity contribution in [2.75, 3.05) is 0 Å². The molecule has 0 radical (unpaired) electrons. The number of hydrogen-bond donors (Lipinski definition) is 1. The standard InChI is InChI=1S/C16H15NO.ClH/c17-16(14-9-5-2-6-10-14)15(18)12-11-13-7-3-1-4-8-13;/h1-12,16H,17H2;1H/b12-11+;/t16-;/m1./s1. The Morgan fingerprint density at radius 3 is 2.05 bits per heavy atom. The highest BCUT2D eigenvalue weighted by Crippen LogP contribution is 2.12. The Bertz CT molecular complexity index is 537. The molecule has 2 rings (SSSR count). The quantitative estimate of drug-likeness (QED) is 0.868. The minimum atomic E-state index is -0.592. The topological polar surface area (TPSA) is 43.1 Å². The van der Waals surface area contributed by atoms with Gasteiger partial charge >= 0.3 is 0 Å². The molecule has 3 heteroatoms. The number of ketones is 1. The van der Waals surface area contributed by atoms with Crippen LogP contribution in [0.2, 0.25) is 0 Å². The molecule has 2 aromatic rings. The summed E-state index contributed by atoms with van der Waals surface area (Å²) in [7, 11) is 0. The lowest BCUT2D eigenvalue weighted by molar-refractivity contribution is -0.115. The molecule has 0 fully saturated rings. The molecular formula is C16H16ClNO. The maximum absolute atomic E-state index is 11.9. The Labute approximate surface area is 119 Å². The third-order valence-corrected chi connectivity index (χ3v) is 2.70. The summed E-state index contributed by atoms with van der Waals surface area (Å²) in [6.45, 7) is 0. The number of halogens is 1. The molecular weight excluding hydrogens is 258 g/mol. The molecule has 0 amide bonds. The van der Waals surface area contributed by atoms with Crippen molar-refractivity contribution in [2.24, 2.45) is 5.73 Å². The van der Waals surface area contributed by atoms with Crippen molar-refractivity contribution in [3.05, 3.63) is 77.9 Å². The number of benzene rings is 2. The number of carbonyl (C=O) groups is 1. The highest BCUT2D eigenvalue weighted by molar-refractivity contribution is 5.98. The maximum atomic E-state index is 11.9.